The fourth-order valence-electron chi connectivity index (χ4n) is 3.99. The fraction of sp³-hybridized carbons (Fsp3) is 0.304. The summed E-state index contributed by atoms with van der Waals surface area (Å²) in [5.74, 6) is 0. The molecule has 5 nitrogen and oxygen atoms in total. The van der Waals surface area contributed by atoms with E-state index in [2.05, 4.69) is 94.3 Å². The molecule has 150 valence electrons. The first kappa shape index (κ1) is 19.5. The summed E-state index contributed by atoms with van der Waals surface area (Å²) < 4.78 is 2.26. The highest BCUT2D eigenvalue weighted by Crippen LogP contribution is 2.39. The molecule has 0 amide bonds. The molecule has 1 aliphatic rings. The Hall–Kier alpha value is -2.86. The summed E-state index contributed by atoms with van der Waals surface area (Å²) >= 11 is 5.71. The first-order valence-corrected chi connectivity index (χ1v) is 10.4. The van der Waals surface area contributed by atoms with Gasteiger partial charge in [-0.05, 0) is 67.2 Å². The summed E-state index contributed by atoms with van der Waals surface area (Å²) in [5, 5.41) is 4.32. The smallest absolute Gasteiger partial charge is 0.170 e. The minimum Gasteiger partial charge on any atom is -0.378 e. The van der Waals surface area contributed by atoms with Crippen LogP contribution in [0.25, 0.3) is 5.69 Å². The van der Waals surface area contributed by atoms with Crippen LogP contribution < -0.4 is 10.2 Å². The number of rotatable bonds is 6. The Morgan fingerprint density at radius 1 is 1.07 bits per heavy atom. The van der Waals surface area contributed by atoms with Gasteiger partial charge in [-0.3, -0.25) is 4.98 Å². The van der Waals surface area contributed by atoms with Gasteiger partial charge in [-0.2, -0.15) is 0 Å². The molecule has 1 saturated heterocycles. The number of anilines is 1. The molecule has 1 fully saturated rings. The molecule has 2 unspecified atom stereocenters. The lowest BCUT2D eigenvalue weighted by atomic mass is 10.0. The topological polar surface area (TPSA) is 36.3 Å². The van der Waals surface area contributed by atoms with E-state index in [1.54, 1.807) is 0 Å². The molecule has 29 heavy (non-hydrogen) atoms. The molecular formula is C23H27N5S. The molecule has 1 aromatic carbocycles. The summed E-state index contributed by atoms with van der Waals surface area (Å²) in [4.78, 5) is 9.03. The average molecular weight is 406 g/mol. The van der Waals surface area contributed by atoms with Crippen molar-refractivity contribution in [3.05, 3.63) is 78.4 Å². The monoisotopic (exact) mass is 405 g/mol. The quantitative estimate of drug-likeness (QED) is 0.618. The number of thiocarbonyl (C=S) groups is 1. The molecule has 4 rings (SSSR count). The van der Waals surface area contributed by atoms with E-state index in [1.807, 2.05) is 18.3 Å². The maximum absolute atomic E-state index is 5.71. The van der Waals surface area contributed by atoms with Gasteiger partial charge in [0, 0.05) is 50.1 Å². The van der Waals surface area contributed by atoms with Crippen LogP contribution in [0.1, 0.15) is 36.8 Å². The number of hydrogen-bond acceptors (Lipinski definition) is 3. The minimum absolute atomic E-state index is 0.0185. The van der Waals surface area contributed by atoms with Gasteiger partial charge >= 0.3 is 0 Å². The van der Waals surface area contributed by atoms with E-state index in [0.717, 1.165) is 29.5 Å². The Labute approximate surface area is 178 Å². The summed E-state index contributed by atoms with van der Waals surface area (Å²) in [7, 11) is 4.11. The lowest BCUT2D eigenvalue weighted by Gasteiger charge is -2.28. The van der Waals surface area contributed by atoms with Gasteiger partial charge in [-0.1, -0.05) is 13.0 Å². The van der Waals surface area contributed by atoms with Crippen molar-refractivity contribution in [3.8, 4) is 5.69 Å². The van der Waals surface area contributed by atoms with Gasteiger partial charge in [-0.15, -0.1) is 0 Å². The SMILES string of the molecule is CCCN1C(=S)NC(c2ccccn2)C1c1cccn1-c1ccc(N(C)C)cc1. The van der Waals surface area contributed by atoms with Crippen LogP contribution in [0.3, 0.4) is 0 Å². The molecule has 0 bridgehead atoms. The molecule has 6 heteroatoms. The number of aromatic nitrogens is 2. The normalized spacial score (nSPS) is 18.7. The summed E-state index contributed by atoms with van der Waals surface area (Å²) in [5.41, 5.74) is 4.54. The molecular weight excluding hydrogens is 378 g/mol. The summed E-state index contributed by atoms with van der Waals surface area (Å²) in [6.45, 7) is 3.09. The molecule has 0 aliphatic carbocycles. The second kappa shape index (κ2) is 8.25. The largest absolute Gasteiger partial charge is 0.378 e. The Bertz CT molecular complexity index is 964. The molecule has 0 saturated carbocycles. The third kappa shape index (κ3) is 3.72. The standard InChI is InChI=1S/C23H27N5S/c1-4-15-28-22(21(25-23(28)29)19-8-5-6-14-24-19)20-9-7-16-27(20)18-12-10-17(11-13-18)26(2)3/h5-14,16,21-22H,4,15H2,1-3H3,(H,25,29). The van der Waals surface area contributed by atoms with Crippen molar-refractivity contribution in [2.45, 2.75) is 25.4 Å². The van der Waals surface area contributed by atoms with Crippen molar-refractivity contribution in [1.29, 1.82) is 0 Å². The second-order valence-corrected chi connectivity index (χ2v) is 7.92. The van der Waals surface area contributed by atoms with Gasteiger partial charge in [-0.25, -0.2) is 0 Å². The molecule has 1 N–H and O–H groups in total. The third-order valence-electron chi connectivity index (χ3n) is 5.39. The van der Waals surface area contributed by atoms with Crippen molar-refractivity contribution in [2.75, 3.05) is 25.5 Å². The Balaban J connectivity index is 1.76. The molecule has 3 heterocycles. The van der Waals surface area contributed by atoms with Gasteiger partial charge in [0.1, 0.15) is 0 Å². The van der Waals surface area contributed by atoms with E-state index < -0.39 is 0 Å². The predicted octanol–water partition coefficient (Wildman–Crippen LogP) is 4.32. The summed E-state index contributed by atoms with van der Waals surface area (Å²) in [6.07, 6.45) is 5.01. The predicted molar refractivity (Wildman–Crippen MR) is 123 cm³/mol. The molecule has 0 radical (unpaired) electrons. The van der Waals surface area contributed by atoms with Crippen molar-refractivity contribution < 1.29 is 0 Å². The molecule has 2 aromatic heterocycles. The van der Waals surface area contributed by atoms with Crippen molar-refractivity contribution >= 4 is 23.0 Å². The van der Waals surface area contributed by atoms with E-state index >= 15 is 0 Å². The summed E-state index contributed by atoms with van der Waals surface area (Å²) in [6, 6.07) is 19.1. The van der Waals surface area contributed by atoms with Gasteiger partial charge in [0.05, 0.1) is 17.8 Å². The van der Waals surface area contributed by atoms with Crippen LogP contribution in [0.4, 0.5) is 5.69 Å². The van der Waals surface area contributed by atoms with Crippen LogP contribution in [0, 0.1) is 0 Å². The molecule has 2 atom stereocenters. The van der Waals surface area contributed by atoms with Crippen LogP contribution in [0.2, 0.25) is 0 Å². The Morgan fingerprint density at radius 2 is 1.86 bits per heavy atom. The van der Waals surface area contributed by atoms with Crippen molar-refractivity contribution in [3.63, 3.8) is 0 Å². The maximum atomic E-state index is 5.71. The second-order valence-electron chi connectivity index (χ2n) is 7.53. The van der Waals surface area contributed by atoms with Crippen LogP contribution in [-0.2, 0) is 0 Å². The third-order valence-corrected chi connectivity index (χ3v) is 5.74. The van der Waals surface area contributed by atoms with E-state index in [1.165, 1.54) is 11.4 Å². The zero-order chi connectivity index (χ0) is 20.4. The van der Waals surface area contributed by atoms with Crippen LogP contribution in [-0.4, -0.2) is 40.2 Å². The number of hydrogen-bond donors (Lipinski definition) is 1. The van der Waals surface area contributed by atoms with E-state index in [4.69, 9.17) is 12.2 Å². The molecule has 3 aromatic rings. The fourth-order valence-corrected chi connectivity index (χ4v) is 4.32. The first-order valence-electron chi connectivity index (χ1n) is 10.0. The van der Waals surface area contributed by atoms with Crippen molar-refractivity contribution in [1.82, 2.24) is 19.8 Å². The highest BCUT2D eigenvalue weighted by atomic mass is 32.1. The Morgan fingerprint density at radius 3 is 2.52 bits per heavy atom. The van der Waals surface area contributed by atoms with Gasteiger partial charge in [0.25, 0.3) is 0 Å². The van der Waals surface area contributed by atoms with Crippen LogP contribution >= 0.6 is 12.2 Å². The Kier molecular flexibility index (Phi) is 5.53. The van der Waals surface area contributed by atoms with Gasteiger partial charge in [0.15, 0.2) is 5.11 Å². The number of nitrogens with zero attached hydrogens (tertiary/aromatic N) is 4. The average Bonchev–Trinajstić information content (AvgIpc) is 3.34. The van der Waals surface area contributed by atoms with Crippen LogP contribution in [0.15, 0.2) is 67.0 Å². The minimum atomic E-state index is 0.0185. The first-order chi connectivity index (χ1) is 14.1. The number of nitrogens with one attached hydrogen (secondary N) is 1. The highest BCUT2D eigenvalue weighted by molar-refractivity contribution is 7.80. The zero-order valence-corrected chi connectivity index (χ0v) is 17.9. The van der Waals surface area contributed by atoms with Gasteiger partial charge < -0.3 is 19.7 Å². The number of pyridine rings is 1. The highest BCUT2D eigenvalue weighted by Gasteiger charge is 2.40. The van der Waals surface area contributed by atoms with E-state index in [9.17, 15) is 0 Å². The lowest BCUT2D eigenvalue weighted by Crippen LogP contribution is -2.31. The number of benzene rings is 1. The maximum Gasteiger partial charge on any atom is 0.170 e. The van der Waals surface area contributed by atoms with E-state index in [0.29, 0.717) is 0 Å². The van der Waals surface area contributed by atoms with E-state index in [-0.39, 0.29) is 12.1 Å². The molecule has 1 aliphatic heterocycles. The molecule has 0 spiro atoms. The van der Waals surface area contributed by atoms with Gasteiger partial charge in [0.2, 0.25) is 0 Å². The zero-order valence-electron chi connectivity index (χ0n) is 17.1. The lowest BCUT2D eigenvalue weighted by molar-refractivity contribution is 0.309. The van der Waals surface area contributed by atoms with Crippen molar-refractivity contribution in [2.24, 2.45) is 0 Å². The van der Waals surface area contributed by atoms with Crippen LogP contribution in [0.5, 0.6) is 0 Å².